The number of rotatable bonds is 5. The van der Waals surface area contributed by atoms with E-state index in [1.807, 2.05) is 42.9 Å². The summed E-state index contributed by atoms with van der Waals surface area (Å²) in [5, 5.41) is 12.6. The van der Waals surface area contributed by atoms with Crippen LogP contribution in [0.5, 0.6) is 11.8 Å². The van der Waals surface area contributed by atoms with Gasteiger partial charge in [0, 0.05) is 54.6 Å². The third-order valence-corrected chi connectivity index (χ3v) is 8.33. The van der Waals surface area contributed by atoms with Crippen molar-refractivity contribution in [3.8, 4) is 11.8 Å². The molecule has 196 valence electrons. The van der Waals surface area contributed by atoms with Crippen LogP contribution in [-0.2, 0) is 26.1 Å². The van der Waals surface area contributed by atoms with Crippen molar-refractivity contribution < 1.29 is 9.84 Å². The van der Waals surface area contributed by atoms with Crippen LogP contribution in [0, 0.1) is 0 Å². The molecule has 38 heavy (non-hydrogen) atoms. The largest absolute Gasteiger partial charge is 0.508 e. The summed E-state index contributed by atoms with van der Waals surface area (Å²) in [6.07, 6.45) is 7.03. The number of phenolic OH excluding ortho intramolecular Hbond substituents is 1. The highest BCUT2D eigenvalue weighted by molar-refractivity contribution is 5.95. The molecule has 3 aliphatic heterocycles. The molecule has 1 saturated heterocycles. The first-order valence-electron chi connectivity index (χ1n) is 13.6. The third kappa shape index (κ3) is 4.20. The Labute approximate surface area is 222 Å². The van der Waals surface area contributed by atoms with E-state index in [9.17, 15) is 5.11 Å². The Morgan fingerprint density at radius 3 is 2.84 bits per heavy atom. The van der Waals surface area contributed by atoms with Crippen LogP contribution in [0.4, 0.5) is 11.5 Å². The Morgan fingerprint density at radius 2 is 1.95 bits per heavy atom. The number of fused-ring (bicyclic) bond motifs is 3. The van der Waals surface area contributed by atoms with Crippen LogP contribution >= 0.6 is 0 Å². The van der Waals surface area contributed by atoms with E-state index in [4.69, 9.17) is 14.7 Å². The van der Waals surface area contributed by atoms with Gasteiger partial charge in [-0.05, 0) is 44.3 Å². The first kappa shape index (κ1) is 23.3. The predicted molar refractivity (Wildman–Crippen MR) is 147 cm³/mol. The van der Waals surface area contributed by atoms with Gasteiger partial charge in [-0.15, -0.1) is 0 Å². The molecule has 0 spiro atoms. The molecule has 1 atom stereocenters. The molecule has 0 bridgehead atoms. The predicted octanol–water partition coefficient (Wildman–Crippen LogP) is 3.59. The molecule has 5 heterocycles. The standard InChI is InChI=1S/C29H33N7O2/c1-33-9-4-6-21(33)18-38-29-31-26-17-34(27-14-23(37)13-20-5-2-3-7-24(20)27)10-8-25(26)28(32-29)35-11-12-36-19-30-15-22(36)16-35/h2-3,5,7,13-15,19,21,37H,4,6,8-12,16-18H2,1H3/t21-/m0/s1. The SMILES string of the molecule is CN1CCC[C@H]1COc1nc2c(c(N3CCn4cncc4C3)n1)CCN(c1cc(O)cc3ccccc13)C2. The summed E-state index contributed by atoms with van der Waals surface area (Å²) in [6.45, 7) is 5.71. The molecule has 9 heteroatoms. The molecule has 4 aromatic rings. The highest BCUT2D eigenvalue weighted by atomic mass is 16.5. The highest BCUT2D eigenvalue weighted by Crippen LogP contribution is 2.37. The number of nitrogens with zero attached hydrogens (tertiary/aromatic N) is 7. The average Bonchev–Trinajstić information content (AvgIpc) is 3.58. The zero-order valence-electron chi connectivity index (χ0n) is 21.8. The maximum Gasteiger partial charge on any atom is 0.318 e. The molecule has 0 aliphatic carbocycles. The molecule has 0 saturated carbocycles. The van der Waals surface area contributed by atoms with Gasteiger partial charge in [-0.3, -0.25) is 0 Å². The minimum atomic E-state index is 0.280. The Bertz CT molecular complexity index is 1490. The van der Waals surface area contributed by atoms with Gasteiger partial charge < -0.3 is 29.1 Å². The van der Waals surface area contributed by atoms with Crippen molar-refractivity contribution in [2.45, 2.75) is 44.9 Å². The van der Waals surface area contributed by atoms with Crippen molar-refractivity contribution >= 4 is 22.3 Å². The van der Waals surface area contributed by atoms with Crippen molar-refractivity contribution in [3.63, 3.8) is 0 Å². The average molecular weight is 512 g/mol. The first-order valence-corrected chi connectivity index (χ1v) is 13.6. The van der Waals surface area contributed by atoms with Gasteiger partial charge in [0.2, 0.25) is 0 Å². The summed E-state index contributed by atoms with van der Waals surface area (Å²) >= 11 is 0. The van der Waals surface area contributed by atoms with Gasteiger partial charge in [0.25, 0.3) is 0 Å². The van der Waals surface area contributed by atoms with Gasteiger partial charge in [0.1, 0.15) is 18.2 Å². The second-order valence-electron chi connectivity index (χ2n) is 10.7. The van der Waals surface area contributed by atoms with E-state index in [2.05, 4.69) is 37.4 Å². The van der Waals surface area contributed by atoms with E-state index in [0.717, 1.165) is 73.5 Å². The van der Waals surface area contributed by atoms with Crippen LogP contribution < -0.4 is 14.5 Å². The Morgan fingerprint density at radius 1 is 1.03 bits per heavy atom. The monoisotopic (exact) mass is 511 g/mol. The molecule has 2 aromatic carbocycles. The molecule has 9 nitrogen and oxygen atoms in total. The van der Waals surface area contributed by atoms with Crippen molar-refractivity contribution in [2.75, 3.05) is 43.1 Å². The minimum Gasteiger partial charge on any atom is -0.508 e. The number of aromatic nitrogens is 4. The van der Waals surface area contributed by atoms with Gasteiger partial charge in [0.05, 0.1) is 30.8 Å². The van der Waals surface area contributed by atoms with E-state index in [0.29, 0.717) is 25.2 Å². The normalized spacial score (nSPS) is 19.6. The number of anilines is 2. The molecule has 0 amide bonds. The molecule has 1 fully saturated rings. The maximum absolute atomic E-state index is 10.5. The number of imidazole rings is 1. The van der Waals surface area contributed by atoms with Gasteiger partial charge in [-0.2, -0.15) is 9.97 Å². The lowest BCUT2D eigenvalue weighted by atomic mass is 10.0. The van der Waals surface area contributed by atoms with Crippen LogP contribution in [-0.4, -0.2) is 68.9 Å². The van der Waals surface area contributed by atoms with Crippen LogP contribution in [0.2, 0.25) is 0 Å². The van der Waals surface area contributed by atoms with Gasteiger partial charge in [-0.1, -0.05) is 24.3 Å². The third-order valence-electron chi connectivity index (χ3n) is 8.33. The van der Waals surface area contributed by atoms with E-state index in [1.54, 1.807) is 0 Å². The molecule has 0 unspecified atom stereocenters. The summed E-state index contributed by atoms with van der Waals surface area (Å²) in [5.74, 6) is 1.26. The fourth-order valence-electron chi connectivity index (χ4n) is 6.18. The van der Waals surface area contributed by atoms with E-state index in [1.165, 1.54) is 17.7 Å². The smallest absolute Gasteiger partial charge is 0.318 e. The summed E-state index contributed by atoms with van der Waals surface area (Å²) < 4.78 is 8.49. The molecular weight excluding hydrogens is 478 g/mol. The number of hydrogen-bond donors (Lipinski definition) is 1. The topological polar surface area (TPSA) is 82.8 Å². The minimum absolute atomic E-state index is 0.280. The summed E-state index contributed by atoms with van der Waals surface area (Å²) in [4.78, 5) is 21.3. The zero-order valence-corrected chi connectivity index (χ0v) is 21.8. The fourth-order valence-corrected chi connectivity index (χ4v) is 6.18. The van der Waals surface area contributed by atoms with Crippen molar-refractivity contribution in [3.05, 3.63) is 65.9 Å². The Kier molecular flexibility index (Phi) is 5.80. The number of likely N-dealkylation sites (tertiary alicyclic amines) is 1. The number of benzene rings is 2. The van der Waals surface area contributed by atoms with E-state index >= 15 is 0 Å². The lowest BCUT2D eigenvalue weighted by Crippen LogP contribution is -2.38. The summed E-state index contributed by atoms with van der Waals surface area (Å²) in [5.41, 5.74) is 4.43. The lowest BCUT2D eigenvalue weighted by molar-refractivity contribution is 0.187. The quantitative estimate of drug-likeness (QED) is 0.435. The van der Waals surface area contributed by atoms with Gasteiger partial charge >= 0.3 is 6.01 Å². The molecule has 3 aliphatic rings. The first-order chi connectivity index (χ1) is 18.6. The van der Waals surface area contributed by atoms with Gasteiger partial charge in [0.15, 0.2) is 0 Å². The molecule has 7 rings (SSSR count). The van der Waals surface area contributed by atoms with Gasteiger partial charge in [-0.25, -0.2) is 4.98 Å². The lowest BCUT2D eigenvalue weighted by Gasteiger charge is -2.35. The van der Waals surface area contributed by atoms with Crippen LogP contribution in [0.3, 0.4) is 0 Å². The number of phenols is 1. The van der Waals surface area contributed by atoms with Crippen LogP contribution in [0.1, 0.15) is 29.8 Å². The Hall–Kier alpha value is -3.85. The number of aromatic hydroxyl groups is 1. The van der Waals surface area contributed by atoms with Crippen LogP contribution in [0.25, 0.3) is 10.8 Å². The van der Waals surface area contributed by atoms with E-state index < -0.39 is 0 Å². The number of hydrogen-bond acceptors (Lipinski definition) is 8. The summed E-state index contributed by atoms with van der Waals surface area (Å²) in [7, 11) is 2.16. The van der Waals surface area contributed by atoms with Crippen molar-refractivity contribution in [1.29, 1.82) is 0 Å². The zero-order chi connectivity index (χ0) is 25.6. The Balaban J connectivity index is 1.24. The van der Waals surface area contributed by atoms with E-state index in [-0.39, 0.29) is 5.75 Å². The molecule has 0 radical (unpaired) electrons. The highest BCUT2D eigenvalue weighted by Gasteiger charge is 2.29. The molecule has 2 aromatic heterocycles. The van der Waals surface area contributed by atoms with Crippen molar-refractivity contribution in [2.24, 2.45) is 0 Å². The number of likely N-dealkylation sites (N-methyl/N-ethyl adjacent to an activating group) is 1. The number of ether oxygens (including phenoxy) is 1. The second kappa shape index (κ2) is 9.47. The molecule has 1 N–H and O–H groups in total. The van der Waals surface area contributed by atoms with Crippen LogP contribution in [0.15, 0.2) is 48.9 Å². The molecular formula is C29H33N7O2. The fraction of sp³-hybridized carbons (Fsp3) is 0.414. The van der Waals surface area contributed by atoms with Crippen molar-refractivity contribution in [1.82, 2.24) is 24.4 Å². The second-order valence-corrected chi connectivity index (χ2v) is 10.7. The maximum atomic E-state index is 10.5. The summed E-state index contributed by atoms with van der Waals surface area (Å²) in [6, 6.07) is 12.8.